The number of rotatable bonds is 11. The molecule has 0 aliphatic heterocycles. The van der Waals surface area contributed by atoms with E-state index in [0.717, 1.165) is 0 Å². The van der Waals surface area contributed by atoms with Gasteiger partial charge in [0.05, 0.1) is 25.4 Å². The molecule has 0 aromatic carbocycles. The number of hydrogen-bond donors (Lipinski definition) is 7. The molecule has 0 saturated carbocycles. The number of aliphatic carboxylic acids is 3. The lowest BCUT2D eigenvalue weighted by atomic mass is 10.1. The molecule has 0 bridgehead atoms. The Kier molecular flexibility index (Phi) is 9.29. The van der Waals surface area contributed by atoms with Gasteiger partial charge in [0, 0.05) is 0 Å². The minimum atomic E-state index is -1.81. The summed E-state index contributed by atoms with van der Waals surface area (Å²) in [6.07, 6.45) is -1.84. The summed E-state index contributed by atoms with van der Waals surface area (Å²) in [4.78, 5) is 67.3. The van der Waals surface area contributed by atoms with Crippen LogP contribution in [-0.4, -0.2) is 75.6 Å². The average Bonchev–Trinajstić information content (AvgIpc) is 2.49. The molecular formula is C13H20N4O9. The van der Waals surface area contributed by atoms with Crippen LogP contribution in [0.4, 0.5) is 0 Å². The Labute approximate surface area is 146 Å². The third kappa shape index (κ3) is 9.17. The zero-order valence-corrected chi connectivity index (χ0v) is 13.7. The van der Waals surface area contributed by atoms with Crippen LogP contribution in [0.1, 0.15) is 19.8 Å². The second-order valence-corrected chi connectivity index (χ2v) is 5.22. The van der Waals surface area contributed by atoms with Crippen molar-refractivity contribution < 1.29 is 44.1 Å². The number of nitrogens with one attached hydrogen (secondary N) is 3. The van der Waals surface area contributed by atoms with Crippen LogP contribution >= 0.6 is 0 Å². The Hall–Kier alpha value is -3.22. The molecule has 0 aliphatic carbocycles. The lowest BCUT2D eigenvalue weighted by Crippen LogP contribution is -2.54. The maximum Gasteiger partial charge on any atom is 0.326 e. The number of nitrogens with two attached hydrogens (primary N) is 1. The number of carbonyl (C=O) groups excluding carboxylic acids is 3. The molecule has 0 aromatic rings. The minimum Gasteiger partial charge on any atom is -0.481 e. The summed E-state index contributed by atoms with van der Waals surface area (Å²) in [5.41, 5.74) is 5.27. The van der Waals surface area contributed by atoms with Crippen LogP contribution in [0, 0.1) is 0 Å². The molecule has 0 aliphatic rings. The zero-order valence-electron chi connectivity index (χ0n) is 13.7. The van der Waals surface area contributed by atoms with E-state index >= 15 is 0 Å². The standard InChI is InChI=1S/C13H20N4O9/c1-5(14)11(23)15-4-8(18)16-6(2-9(19)20)12(24)17-7(13(25)26)3-10(21)22/h5-7H,2-4,14H2,1H3,(H,15,23)(H,16,18)(H,17,24)(H,19,20)(H,21,22)(H,25,26). The van der Waals surface area contributed by atoms with Gasteiger partial charge in [0.25, 0.3) is 0 Å². The molecule has 13 heteroatoms. The first kappa shape index (κ1) is 22.8. The average molecular weight is 376 g/mol. The summed E-state index contributed by atoms with van der Waals surface area (Å²) in [5.74, 6) is -7.42. The van der Waals surface area contributed by atoms with Crippen LogP contribution in [0.25, 0.3) is 0 Å². The molecule has 26 heavy (non-hydrogen) atoms. The first-order chi connectivity index (χ1) is 11.9. The predicted molar refractivity (Wildman–Crippen MR) is 82.7 cm³/mol. The molecular weight excluding hydrogens is 356 g/mol. The van der Waals surface area contributed by atoms with Crippen molar-refractivity contribution in [3.05, 3.63) is 0 Å². The lowest BCUT2D eigenvalue weighted by molar-refractivity contribution is -0.148. The van der Waals surface area contributed by atoms with E-state index in [9.17, 15) is 28.8 Å². The Bertz CT molecular complexity index is 590. The third-order valence-electron chi connectivity index (χ3n) is 2.86. The van der Waals surface area contributed by atoms with Gasteiger partial charge in [-0.3, -0.25) is 24.0 Å². The first-order valence-electron chi connectivity index (χ1n) is 7.23. The van der Waals surface area contributed by atoms with Crippen LogP contribution in [0.3, 0.4) is 0 Å². The number of carboxylic acids is 3. The lowest BCUT2D eigenvalue weighted by Gasteiger charge is -2.20. The fraction of sp³-hybridized carbons (Fsp3) is 0.538. The Morgan fingerprint density at radius 3 is 1.77 bits per heavy atom. The topological polar surface area (TPSA) is 225 Å². The number of hydrogen-bond acceptors (Lipinski definition) is 7. The molecule has 0 fully saturated rings. The number of carboxylic acid groups (broad SMARTS) is 3. The molecule has 0 rings (SSSR count). The van der Waals surface area contributed by atoms with Gasteiger partial charge in [-0.2, -0.15) is 0 Å². The smallest absolute Gasteiger partial charge is 0.326 e. The summed E-state index contributed by atoms with van der Waals surface area (Å²) in [7, 11) is 0. The monoisotopic (exact) mass is 376 g/mol. The van der Waals surface area contributed by atoms with Gasteiger partial charge in [-0.05, 0) is 6.92 Å². The van der Waals surface area contributed by atoms with Crippen molar-refractivity contribution in [2.24, 2.45) is 5.73 Å². The first-order valence-corrected chi connectivity index (χ1v) is 7.23. The van der Waals surface area contributed by atoms with E-state index in [1.165, 1.54) is 6.92 Å². The van der Waals surface area contributed by atoms with Crippen molar-refractivity contribution in [2.45, 2.75) is 37.9 Å². The van der Waals surface area contributed by atoms with E-state index in [4.69, 9.17) is 21.1 Å². The highest BCUT2D eigenvalue weighted by Crippen LogP contribution is 1.98. The van der Waals surface area contributed by atoms with Crippen LogP contribution in [0.2, 0.25) is 0 Å². The fourth-order valence-electron chi connectivity index (χ4n) is 1.60. The quantitative estimate of drug-likeness (QED) is 0.188. The van der Waals surface area contributed by atoms with Gasteiger partial charge in [0.15, 0.2) is 0 Å². The van der Waals surface area contributed by atoms with E-state index in [2.05, 4.69) is 5.32 Å². The summed E-state index contributed by atoms with van der Waals surface area (Å²) in [6.45, 7) is 0.768. The van der Waals surface area contributed by atoms with E-state index < -0.39 is 73.1 Å². The molecule has 0 heterocycles. The van der Waals surface area contributed by atoms with E-state index in [0.29, 0.717) is 0 Å². The van der Waals surface area contributed by atoms with Crippen molar-refractivity contribution in [1.82, 2.24) is 16.0 Å². The van der Waals surface area contributed by atoms with Gasteiger partial charge < -0.3 is 37.0 Å². The minimum absolute atomic E-state index is 0.596. The molecule has 3 unspecified atom stereocenters. The highest BCUT2D eigenvalue weighted by atomic mass is 16.4. The van der Waals surface area contributed by atoms with Crippen molar-refractivity contribution >= 4 is 35.6 Å². The highest BCUT2D eigenvalue weighted by molar-refractivity contribution is 5.94. The van der Waals surface area contributed by atoms with Crippen molar-refractivity contribution in [3.63, 3.8) is 0 Å². The summed E-state index contributed by atoms with van der Waals surface area (Å²) in [6, 6.07) is -4.39. The fourth-order valence-corrected chi connectivity index (χ4v) is 1.60. The van der Waals surface area contributed by atoms with Gasteiger partial charge in [-0.1, -0.05) is 0 Å². The summed E-state index contributed by atoms with van der Waals surface area (Å²) < 4.78 is 0. The normalized spacial score (nSPS) is 13.6. The second kappa shape index (κ2) is 10.6. The zero-order chi connectivity index (χ0) is 20.4. The molecule has 0 saturated heterocycles. The summed E-state index contributed by atoms with van der Waals surface area (Å²) >= 11 is 0. The Balaban J connectivity index is 4.95. The van der Waals surface area contributed by atoms with Gasteiger partial charge in [0.1, 0.15) is 12.1 Å². The van der Waals surface area contributed by atoms with Crippen LogP contribution in [-0.2, 0) is 28.8 Å². The van der Waals surface area contributed by atoms with Gasteiger partial charge in [0.2, 0.25) is 17.7 Å². The molecule has 13 nitrogen and oxygen atoms in total. The Morgan fingerprint density at radius 1 is 0.846 bits per heavy atom. The number of amides is 3. The van der Waals surface area contributed by atoms with Gasteiger partial charge in [-0.25, -0.2) is 4.79 Å². The predicted octanol–water partition coefficient (Wildman–Crippen LogP) is -3.55. The van der Waals surface area contributed by atoms with Crippen LogP contribution < -0.4 is 21.7 Å². The van der Waals surface area contributed by atoms with Crippen molar-refractivity contribution in [2.75, 3.05) is 6.54 Å². The molecule has 146 valence electrons. The Morgan fingerprint density at radius 2 is 1.35 bits per heavy atom. The SMILES string of the molecule is CC(N)C(=O)NCC(=O)NC(CC(=O)O)C(=O)NC(CC(=O)O)C(=O)O. The highest BCUT2D eigenvalue weighted by Gasteiger charge is 2.29. The molecule has 3 amide bonds. The van der Waals surface area contributed by atoms with Gasteiger partial charge >= 0.3 is 17.9 Å². The van der Waals surface area contributed by atoms with Crippen molar-refractivity contribution in [3.8, 4) is 0 Å². The van der Waals surface area contributed by atoms with Crippen LogP contribution in [0.5, 0.6) is 0 Å². The molecule has 3 atom stereocenters. The van der Waals surface area contributed by atoms with E-state index in [1.54, 1.807) is 0 Å². The largest absolute Gasteiger partial charge is 0.481 e. The van der Waals surface area contributed by atoms with Crippen molar-refractivity contribution in [1.29, 1.82) is 0 Å². The van der Waals surface area contributed by atoms with Gasteiger partial charge in [-0.15, -0.1) is 0 Å². The molecule has 0 aromatic heterocycles. The van der Waals surface area contributed by atoms with E-state index in [1.807, 2.05) is 10.6 Å². The van der Waals surface area contributed by atoms with E-state index in [-0.39, 0.29) is 0 Å². The molecule has 0 spiro atoms. The number of carbonyl (C=O) groups is 6. The molecule has 8 N–H and O–H groups in total. The maximum atomic E-state index is 12.0. The summed E-state index contributed by atoms with van der Waals surface area (Å²) in [5, 5.41) is 32.3. The maximum absolute atomic E-state index is 12.0. The third-order valence-corrected chi connectivity index (χ3v) is 2.86. The van der Waals surface area contributed by atoms with Crippen LogP contribution in [0.15, 0.2) is 0 Å². The molecule has 0 radical (unpaired) electrons. The second-order valence-electron chi connectivity index (χ2n) is 5.22.